The van der Waals surface area contributed by atoms with Gasteiger partial charge >= 0.3 is 0 Å². The number of fused-ring (bicyclic) bond motifs is 2. The molecule has 2 bridgehead atoms. The molecule has 2 fully saturated rings. The molecule has 24 heavy (non-hydrogen) atoms. The molecule has 0 saturated heterocycles. The molecule has 2 aliphatic rings. The van der Waals surface area contributed by atoms with E-state index in [4.69, 9.17) is 0 Å². The fraction of sp³-hybridized carbons (Fsp3) is 0.526. The van der Waals surface area contributed by atoms with Gasteiger partial charge in [0.15, 0.2) is 0 Å². The van der Waals surface area contributed by atoms with Gasteiger partial charge in [-0.15, -0.1) is 0 Å². The average molecular weight is 328 g/mol. The monoisotopic (exact) mass is 328 g/mol. The normalized spacial score (nSPS) is 30.6. The second-order valence-electron chi connectivity index (χ2n) is 7.82. The van der Waals surface area contributed by atoms with Crippen molar-refractivity contribution in [2.24, 2.45) is 16.7 Å². The molecule has 5 heteroatoms. The smallest absolute Gasteiger partial charge is 0.276 e. The number of hydrogen-bond acceptors (Lipinski definition) is 3. The largest absolute Gasteiger partial charge is 0.349 e. The summed E-state index contributed by atoms with van der Waals surface area (Å²) in [6, 6.07) is 6.60. The number of benzene rings is 1. The predicted octanol–water partition coefficient (Wildman–Crippen LogP) is 3.94. The van der Waals surface area contributed by atoms with Gasteiger partial charge in [-0.3, -0.25) is 14.9 Å². The van der Waals surface area contributed by atoms with E-state index in [9.17, 15) is 14.9 Å². The van der Waals surface area contributed by atoms with E-state index in [1.165, 1.54) is 24.6 Å². The van der Waals surface area contributed by atoms with E-state index in [1.54, 1.807) is 18.2 Å². The molecule has 0 aliphatic heterocycles. The lowest BCUT2D eigenvalue weighted by molar-refractivity contribution is -0.385. The van der Waals surface area contributed by atoms with E-state index in [0.717, 1.165) is 12.8 Å². The summed E-state index contributed by atoms with van der Waals surface area (Å²) in [5.41, 5.74) is 0.818. The molecule has 0 radical (unpaired) electrons. The highest BCUT2D eigenvalue weighted by Gasteiger charge is 2.61. The molecule has 128 valence electrons. The first-order valence-corrected chi connectivity index (χ1v) is 8.48. The van der Waals surface area contributed by atoms with Gasteiger partial charge in [-0.25, -0.2) is 0 Å². The zero-order valence-corrected chi connectivity index (χ0v) is 14.4. The summed E-state index contributed by atoms with van der Waals surface area (Å²) in [7, 11) is 0. The molecule has 1 aromatic carbocycles. The standard InChI is InChI=1S/C19H24N2O3/c1-18(2)14-10-11-19(18,3)16(12-14)20-17(22)9-8-13-6-4-5-7-15(13)21(23)24/h4-9,14,16H,10-12H2,1-3H3,(H,20,22). The summed E-state index contributed by atoms with van der Waals surface area (Å²) in [5, 5.41) is 14.1. The summed E-state index contributed by atoms with van der Waals surface area (Å²) in [5.74, 6) is 0.481. The number of nitrogens with zero attached hydrogens (tertiary/aromatic N) is 1. The summed E-state index contributed by atoms with van der Waals surface area (Å²) in [6.07, 6.45) is 6.33. The quantitative estimate of drug-likeness (QED) is 0.517. The lowest BCUT2D eigenvalue weighted by Crippen LogP contribution is -2.46. The molecular weight excluding hydrogens is 304 g/mol. The van der Waals surface area contributed by atoms with E-state index >= 15 is 0 Å². The fourth-order valence-electron chi connectivity index (χ4n) is 4.60. The molecule has 1 aromatic rings. The van der Waals surface area contributed by atoms with Crippen molar-refractivity contribution >= 4 is 17.7 Å². The minimum absolute atomic E-state index is 0.00886. The molecule has 2 aliphatic carbocycles. The van der Waals surface area contributed by atoms with Crippen molar-refractivity contribution in [1.82, 2.24) is 5.32 Å². The summed E-state index contributed by atoms with van der Waals surface area (Å²) >= 11 is 0. The number of nitrogens with one attached hydrogen (secondary N) is 1. The van der Waals surface area contributed by atoms with Crippen LogP contribution >= 0.6 is 0 Å². The third kappa shape index (κ3) is 2.52. The number of nitro groups is 1. The molecule has 3 atom stereocenters. The Morgan fingerprint density at radius 2 is 2.04 bits per heavy atom. The van der Waals surface area contributed by atoms with Crippen LogP contribution in [0.5, 0.6) is 0 Å². The number of amides is 1. The number of hydrogen-bond donors (Lipinski definition) is 1. The third-order valence-corrected chi connectivity index (χ3v) is 6.66. The van der Waals surface area contributed by atoms with E-state index in [2.05, 4.69) is 26.1 Å². The number of nitro benzene ring substituents is 1. The SMILES string of the molecule is CC1(C)C2CCC1(C)C(NC(=O)C=Cc1ccccc1[N+](=O)[O-])C2. The van der Waals surface area contributed by atoms with Crippen molar-refractivity contribution < 1.29 is 9.72 Å². The van der Waals surface area contributed by atoms with Gasteiger partial charge in [-0.05, 0) is 48.2 Å². The maximum absolute atomic E-state index is 12.3. The van der Waals surface area contributed by atoms with Gasteiger partial charge in [-0.2, -0.15) is 0 Å². The van der Waals surface area contributed by atoms with Gasteiger partial charge in [0.1, 0.15) is 0 Å². The predicted molar refractivity (Wildman–Crippen MR) is 93.3 cm³/mol. The van der Waals surface area contributed by atoms with Crippen molar-refractivity contribution in [3.63, 3.8) is 0 Å². The molecule has 1 N–H and O–H groups in total. The third-order valence-electron chi connectivity index (χ3n) is 6.66. The van der Waals surface area contributed by atoms with Gasteiger partial charge in [0.05, 0.1) is 10.5 Å². The first-order chi connectivity index (χ1) is 11.3. The summed E-state index contributed by atoms with van der Waals surface area (Å²) in [4.78, 5) is 22.9. The fourth-order valence-corrected chi connectivity index (χ4v) is 4.60. The van der Waals surface area contributed by atoms with Crippen LogP contribution in [-0.4, -0.2) is 16.9 Å². The molecule has 3 unspecified atom stereocenters. The van der Waals surface area contributed by atoms with E-state index < -0.39 is 4.92 Å². The van der Waals surface area contributed by atoms with Gasteiger partial charge in [0, 0.05) is 18.2 Å². The zero-order valence-electron chi connectivity index (χ0n) is 14.4. The minimum atomic E-state index is -0.433. The maximum atomic E-state index is 12.3. The lowest BCUT2D eigenvalue weighted by atomic mass is 9.69. The van der Waals surface area contributed by atoms with Crippen LogP contribution in [0.4, 0.5) is 5.69 Å². The van der Waals surface area contributed by atoms with E-state index in [0.29, 0.717) is 11.5 Å². The van der Waals surface area contributed by atoms with Crippen LogP contribution in [0.15, 0.2) is 30.3 Å². The molecule has 0 aromatic heterocycles. The molecular formula is C19H24N2O3. The first-order valence-electron chi connectivity index (χ1n) is 8.48. The van der Waals surface area contributed by atoms with Crippen LogP contribution in [0.2, 0.25) is 0 Å². The Bertz CT molecular complexity index is 710. The second kappa shape index (κ2) is 5.72. The highest BCUT2D eigenvalue weighted by atomic mass is 16.6. The topological polar surface area (TPSA) is 72.2 Å². The first kappa shape index (κ1) is 16.7. The molecule has 5 nitrogen and oxygen atoms in total. The van der Waals surface area contributed by atoms with Gasteiger partial charge < -0.3 is 5.32 Å². The van der Waals surface area contributed by atoms with E-state index in [-0.39, 0.29) is 28.5 Å². The molecule has 1 amide bonds. The van der Waals surface area contributed by atoms with E-state index in [1.807, 2.05) is 0 Å². The van der Waals surface area contributed by atoms with Crippen molar-refractivity contribution in [2.75, 3.05) is 0 Å². The van der Waals surface area contributed by atoms with Crippen LogP contribution in [0.1, 0.15) is 45.6 Å². The Morgan fingerprint density at radius 1 is 1.33 bits per heavy atom. The highest BCUT2D eigenvalue weighted by molar-refractivity contribution is 5.92. The van der Waals surface area contributed by atoms with Crippen LogP contribution in [0, 0.1) is 26.9 Å². The molecule has 0 spiro atoms. The Morgan fingerprint density at radius 3 is 2.62 bits per heavy atom. The van der Waals surface area contributed by atoms with Crippen LogP contribution in [0.25, 0.3) is 6.08 Å². The summed E-state index contributed by atoms with van der Waals surface area (Å²) < 4.78 is 0. The van der Waals surface area contributed by atoms with Gasteiger partial charge in [0.25, 0.3) is 5.69 Å². The zero-order chi connectivity index (χ0) is 17.5. The molecule has 3 rings (SSSR count). The van der Waals surface area contributed by atoms with Crippen molar-refractivity contribution in [2.45, 2.75) is 46.1 Å². The number of rotatable bonds is 4. The molecule has 0 heterocycles. The Labute approximate surface area is 142 Å². The minimum Gasteiger partial charge on any atom is -0.349 e. The van der Waals surface area contributed by atoms with Crippen LogP contribution in [0.3, 0.4) is 0 Å². The van der Waals surface area contributed by atoms with Crippen LogP contribution < -0.4 is 5.32 Å². The second-order valence-corrected chi connectivity index (χ2v) is 7.82. The van der Waals surface area contributed by atoms with Crippen LogP contribution in [-0.2, 0) is 4.79 Å². The Hall–Kier alpha value is -2.17. The van der Waals surface area contributed by atoms with Crippen molar-refractivity contribution in [3.8, 4) is 0 Å². The lowest BCUT2D eigenvalue weighted by Gasteiger charge is -2.39. The average Bonchev–Trinajstić information content (AvgIpc) is 2.86. The Kier molecular flexibility index (Phi) is 3.98. The number of carbonyl (C=O) groups excluding carboxylic acids is 1. The highest BCUT2D eigenvalue weighted by Crippen LogP contribution is 2.65. The number of carbonyl (C=O) groups is 1. The van der Waals surface area contributed by atoms with Gasteiger partial charge in [-0.1, -0.05) is 32.9 Å². The van der Waals surface area contributed by atoms with Gasteiger partial charge in [0.2, 0.25) is 5.91 Å². The molecule has 2 saturated carbocycles. The van der Waals surface area contributed by atoms with Crippen molar-refractivity contribution in [1.29, 1.82) is 0 Å². The maximum Gasteiger partial charge on any atom is 0.276 e. The Balaban J connectivity index is 1.71. The number of para-hydroxylation sites is 1. The van der Waals surface area contributed by atoms with Crippen molar-refractivity contribution in [3.05, 3.63) is 46.0 Å². The summed E-state index contributed by atoms with van der Waals surface area (Å²) in [6.45, 7) is 6.89.